The number of rotatable bonds is 2. The van der Waals surface area contributed by atoms with Gasteiger partial charge in [-0.3, -0.25) is 0 Å². The molecule has 0 unspecified atom stereocenters. The number of hydrogen-bond donors (Lipinski definition) is 1. The van der Waals surface area contributed by atoms with Gasteiger partial charge in [-0.25, -0.2) is 4.98 Å². The summed E-state index contributed by atoms with van der Waals surface area (Å²) in [6, 6.07) is 9.95. The van der Waals surface area contributed by atoms with E-state index in [0.717, 1.165) is 16.5 Å². The minimum Gasteiger partial charge on any atom is -0.383 e. The highest BCUT2D eigenvalue weighted by atomic mass is 79.9. The molecule has 16 heavy (non-hydrogen) atoms. The van der Waals surface area contributed by atoms with Crippen LogP contribution in [0.1, 0.15) is 11.1 Å². The maximum absolute atomic E-state index is 5.88. The molecular formula is C12H10BrClN2. The van der Waals surface area contributed by atoms with Crippen LogP contribution in [0.3, 0.4) is 0 Å². The molecule has 1 aromatic heterocycles. The van der Waals surface area contributed by atoms with Gasteiger partial charge >= 0.3 is 0 Å². The van der Waals surface area contributed by atoms with Crippen molar-refractivity contribution < 1.29 is 0 Å². The first-order valence-electron chi connectivity index (χ1n) is 4.79. The van der Waals surface area contributed by atoms with Crippen molar-refractivity contribution in [2.24, 2.45) is 0 Å². The van der Waals surface area contributed by atoms with Crippen LogP contribution in [0.2, 0.25) is 5.02 Å². The van der Waals surface area contributed by atoms with Crippen LogP contribution in [-0.2, 0) is 6.42 Å². The Hall–Kier alpha value is -1.06. The molecule has 0 saturated carbocycles. The molecule has 0 spiro atoms. The van der Waals surface area contributed by atoms with Crippen molar-refractivity contribution in [3.05, 3.63) is 57.2 Å². The highest BCUT2D eigenvalue weighted by Crippen LogP contribution is 2.19. The van der Waals surface area contributed by atoms with Gasteiger partial charge in [-0.05, 0) is 23.8 Å². The van der Waals surface area contributed by atoms with Crippen molar-refractivity contribution in [1.82, 2.24) is 4.98 Å². The number of nitrogen functional groups attached to an aromatic ring is 1. The zero-order valence-electron chi connectivity index (χ0n) is 8.45. The Balaban J connectivity index is 2.26. The molecule has 0 fully saturated rings. The highest BCUT2D eigenvalue weighted by Gasteiger charge is 2.03. The van der Waals surface area contributed by atoms with Gasteiger partial charge in [0, 0.05) is 22.7 Å². The van der Waals surface area contributed by atoms with Gasteiger partial charge in [0.2, 0.25) is 0 Å². The van der Waals surface area contributed by atoms with Gasteiger partial charge in [0.1, 0.15) is 5.82 Å². The number of pyridine rings is 1. The minimum atomic E-state index is 0.535. The number of anilines is 1. The first-order chi connectivity index (χ1) is 7.65. The van der Waals surface area contributed by atoms with Gasteiger partial charge < -0.3 is 5.73 Å². The SMILES string of the molecule is Nc1ncc(Cl)cc1Cc1ccc(Br)cc1. The fourth-order valence-corrected chi connectivity index (χ4v) is 1.90. The lowest BCUT2D eigenvalue weighted by Crippen LogP contribution is -1.98. The highest BCUT2D eigenvalue weighted by molar-refractivity contribution is 9.10. The van der Waals surface area contributed by atoms with Gasteiger partial charge in [0.15, 0.2) is 0 Å². The van der Waals surface area contributed by atoms with Crippen LogP contribution >= 0.6 is 27.5 Å². The molecule has 0 aliphatic carbocycles. The van der Waals surface area contributed by atoms with Crippen LogP contribution < -0.4 is 5.73 Å². The molecule has 2 rings (SSSR count). The summed E-state index contributed by atoms with van der Waals surface area (Å²) < 4.78 is 1.06. The fourth-order valence-electron chi connectivity index (χ4n) is 1.46. The van der Waals surface area contributed by atoms with Crippen molar-refractivity contribution >= 4 is 33.3 Å². The Morgan fingerprint density at radius 1 is 1.25 bits per heavy atom. The van der Waals surface area contributed by atoms with E-state index in [9.17, 15) is 0 Å². The van der Waals surface area contributed by atoms with E-state index in [1.807, 2.05) is 30.3 Å². The second kappa shape index (κ2) is 4.85. The summed E-state index contributed by atoms with van der Waals surface area (Å²) in [7, 11) is 0. The van der Waals surface area contributed by atoms with Gasteiger partial charge in [0.25, 0.3) is 0 Å². The molecule has 0 amide bonds. The Bertz CT molecular complexity index is 497. The number of benzene rings is 1. The second-order valence-corrected chi connectivity index (χ2v) is 4.85. The van der Waals surface area contributed by atoms with E-state index in [2.05, 4.69) is 20.9 Å². The van der Waals surface area contributed by atoms with Crippen LogP contribution in [-0.4, -0.2) is 4.98 Å². The third-order valence-electron chi connectivity index (χ3n) is 2.28. The van der Waals surface area contributed by atoms with Gasteiger partial charge in [-0.15, -0.1) is 0 Å². The molecule has 1 heterocycles. The molecule has 0 aliphatic heterocycles. The number of nitrogens with zero attached hydrogens (tertiary/aromatic N) is 1. The average molecular weight is 298 g/mol. The second-order valence-electron chi connectivity index (χ2n) is 3.50. The molecule has 2 N–H and O–H groups in total. The van der Waals surface area contributed by atoms with Gasteiger partial charge in [-0.2, -0.15) is 0 Å². The van der Waals surface area contributed by atoms with Crippen LogP contribution in [0.15, 0.2) is 41.0 Å². The van der Waals surface area contributed by atoms with Gasteiger partial charge in [-0.1, -0.05) is 39.7 Å². The maximum Gasteiger partial charge on any atom is 0.126 e. The summed E-state index contributed by atoms with van der Waals surface area (Å²) in [4.78, 5) is 4.03. The van der Waals surface area contributed by atoms with E-state index < -0.39 is 0 Å². The van der Waals surface area contributed by atoms with E-state index in [1.54, 1.807) is 6.20 Å². The number of hydrogen-bond acceptors (Lipinski definition) is 2. The minimum absolute atomic E-state index is 0.535. The predicted octanol–water partition coefficient (Wildman–Crippen LogP) is 3.67. The molecule has 4 heteroatoms. The lowest BCUT2D eigenvalue weighted by Gasteiger charge is -2.05. The summed E-state index contributed by atoms with van der Waals surface area (Å²) in [6.07, 6.45) is 2.30. The summed E-state index contributed by atoms with van der Waals surface area (Å²) in [5, 5.41) is 0.612. The summed E-state index contributed by atoms with van der Waals surface area (Å²) in [6.45, 7) is 0. The molecule has 0 atom stereocenters. The van der Waals surface area contributed by atoms with E-state index in [4.69, 9.17) is 17.3 Å². The fraction of sp³-hybridized carbons (Fsp3) is 0.0833. The third kappa shape index (κ3) is 2.74. The van der Waals surface area contributed by atoms with Crippen molar-refractivity contribution in [2.75, 3.05) is 5.73 Å². The van der Waals surface area contributed by atoms with E-state index in [0.29, 0.717) is 10.8 Å². The standard InChI is InChI=1S/C12H10BrClN2/c13-10-3-1-8(2-4-10)5-9-6-11(14)7-16-12(9)15/h1-4,6-7H,5H2,(H2,15,16). The monoisotopic (exact) mass is 296 g/mol. The van der Waals surface area contributed by atoms with Crippen LogP contribution in [0.4, 0.5) is 5.82 Å². The molecule has 0 radical (unpaired) electrons. The van der Waals surface area contributed by atoms with E-state index >= 15 is 0 Å². The zero-order chi connectivity index (χ0) is 11.5. The Labute approximate surface area is 108 Å². The molecule has 2 aromatic rings. The van der Waals surface area contributed by atoms with E-state index in [-0.39, 0.29) is 0 Å². The van der Waals surface area contributed by atoms with Crippen LogP contribution in [0.25, 0.3) is 0 Å². The first-order valence-corrected chi connectivity index (χ1v) is 5.96. The topological polar surface area (TPSA) is 38.9 Å². The van der Waals surface area contributed by atoms with Crippen molar-refractivity contribution in [2.45, 2.75) is 6.42 Å². The number of halogens is 2. The maximum atomic E-state index is 5.88. The van der Waals surface area contributed by atoms with Crippen molar-refractivity contribution in [3.63, 3.8) is 0 Å². The zero-order valence-corrected chi connectivity index (χ0v) is 10.8. The predicted molar refractivity (Wildman–Crippen MR) is 70.6 cm³/mol. The number of nitrogens with two attached hydrogens (primary N) is 1. The largest absolute Gasteiger partial charge is 0.383 e. The molecule has 0 aliphatic rings. The average Bonchev–Trinajstić information content (AvgIpc) is 2.27. The quantitative estimate of drug-likeness (QED) is 0.918. The third-order valence-corrected chi connectivity index (χ3v) is 3.01. The Morgan fingerprint density at radius 2 is 1.94 bits per heavy atom. The Morgan fingerprint density at radius 3 is 2.62 bits per heavy atom. The van der Waals surface area contributed by atoms with Crippen LogP contribution in [0.5, 0.6) is 0 Å². The molecule has 0 saturated heterocycles. The van der Waals surface area contributed by atoms with Gasteiger partial charge in [0.05, 0.1) is 5.02 Å². The van der Waals surface area contributed by atoms with Crippen LogP contribution in [0, 0.1) is 0 Å². The lowest BCUT2D eigenvalue weighted by atomic mass is 10.1. The molecule has 2 nitrogen and oxygen atoms in total. The van der Waals surface area contributed by atoms with E-state index in [1.165, 1.54) is 5.56 Å². The summed E-state index contributed by atoms with van der Waals surface area (Å²) >= 11 is 9.28. The summed E-state index contributed by atoms with van der Waals surface area (Å²) in [5.74, 6) is 0.535. The molecule has 82 valence electrons. The smallest absolute Gasteiger partial charge is 0.126 e. The molecular weight excluding hydrogens is 288 g/mol. The normalized spacial score (nSPS) is 10.4. The van der Waals surface area contributed by atoms with Crippen molar-refractivity contribution in [3.8, 4) is 0 Å². The summed E-state index contributed by atoms with van der Waals surface area (Å²) in [5.41, 5.74) is 7.92. The molecule has 0 bridgehead atoms. The first kappa shape index (κ1) is 11.4. The Kier molecular flexibility index (Phi) is 3.46. The lowest BCUT2D eigenvalue weighted by molar-refractivity contribution is 1.15. The molecule has 1 aromatic carbocycles. The van der Waals surface area contributed by atoms with Crippen molar-refractivity contribution in [1.29, 1.82) is 0 Å². The number of aromatic nitrogens is 1.